The fourth-order valence-electron chi connectivity index (χ4n) is 3.55. The van der Waals surface area contributed by atoms with E-state index in [2.05, 4.69) is 45.4 Å². The van der Waals surface area contributed by atoms with Gasteiger partial charge < -0.3 is 9.80 Å². The molecule has 0 bridgehead atoms. The molecule has 1 aliphatic rings. The molecule has 0 atom stereocenters. The zero-order valence-corrected chi connectivity index (χ0v) is 15.6. The summed E-state index contributed by atoms with van der Waals surface area (Å²) in [6.07, 6.45) is 1.54. The largest absolute Gasteiger partial charge is 0.352 e. The normalized spacial score (nSPS) is 14.6. The number of hydrogen-bond acceptors (Lipinski definition) is 4. The average Bonchev–Trinajstić information content (AvgIpc) is 2.74. The third-order valence-electron chi connectivity index (χ3n) is 5.12. The highest BCUT2D eigenvalue weighted by Gasteiger charge is 2.21. The molecule has 27 heavy (non-hydrogen) atoms. The topological polar surface area (TPSA) is 49.3 Å². The Morgan fingerprint density at radius 2 is 1.70 bits per heavy atom. The molecule has 0 aliphatic carbocycles. The van der Waals surface area contributed by atoms with Crippen LogP contribution in [0.2, 0.25) is 0 Å². The first-order chi connectivity index (χ1) is 13.2. The van der Waals surface area contributed by atoms with E-state index >= 15 is 0 Å². The van der Waals surface area contributed by atoms with Gasteiger partial charge in [-0.2, -0.15) is 0 Å². The Labute approximate surface area is 159 Å². The molecule has 1 aliphatic heterocycles. The van der Waals surface area contributed by atoms with Gasteiger partial charge in [0, 0.05) is 38.2 Å². The average molecular weight is 360 g/mol. The first-order valence-corrected chi connectivity index (χ1v) is 9.60. The van der Waals surface area contributed by atoms with Gasteiger partial charge in [0.15, 0.2) is 5.82 Å². The van der Waals surface area contributed by atoms with E-state index in [4.69, 9.17) is 0 Å². The summed E-state index contributed by atoms with van der Waals surface area (Å²) in [7, 11) is 0. The van der Waals surface area contributed by atoms with Crippen molar-refractivity contribution in [1.29, 1.82) is 0 Å². The van der Waals surface area contributed by atoms with Crippen molar-refractivity contribution in [2.75, 3.05) is 31.1 Å². The minimum Gasteiger partial charge on any atom is -0.352 e. The van der Waals surface area contributed by atoms with Crippen LogP contribution in [0.5, 0.6) is 0 Å². The van der Waals surface area contributed by atoms with Crippen LogP contribution in [-0.4, -0.2) is 47.2 Å². The van der Waals surface area contributed by atoms with Crippen LogP contribution in [0.1, 0.15) is 19.8 Å². The number of piperazine rings is 1. The van der Waals surface area contributed by atoms with E-state index in [-0.39, 0.29) is 5.91 Å². The summed E-state index contributed by atoms with van der Waals surface area (Å²) in [4.78, 5) is 16.2. The SMILES string of the molecule is CCCC(=O)N1CCN(c2ccc(-c3ccc4ccccc4c3)nn2)CC1. The van der Waals surface area contributed by atoms with Crippen LogP contribution in [0.25, 0.3) is 22.0 Å². The molecule has 1 amide bonds. The first-order valence-electron chi connectivity index (χ1n) is 9.60. The molecule has 2 aromatic carbocycles. The van der Waals surface area contributed by atoms with Gasteiger partial charge in [-0.15, -0.1) is 10.2 Å². The van der Waals surface area contributed by atoms with Crippen molar-refractivity contribution in [3.63, 3.8) is 0 Å². The van der Waals surface area contributed by atoms with Crippen molar-refractivity contribution in [1.82, 2.24) is 15.1 Å². The van der Waals surface area contributed by atoms with Gasteiger partial charge in [-0.3, -0.25) is 4.79 Å². The highest BCUT2D eigenvalue weighted by atomic mass is 16.2. The van der Waals surface area contributed by atoms with Crippen LogP contribution in [0.4, 0.5) is 5.82 Å². The number of rotatable bonds is 4. The number of anilines is 1. The highest BCUT2D eigenvalue weighted by Crippen LogP contribution is 2.24. The lowest BCUT2D eigenvalue weighted by Gasteiger charge is -2.35. The lowest BCUT2D eigenvalue weighted by molar-refractivity contribution is -0.131. The fraction of sp³-hybridized carbons (Fsp3) is 0.318. The van der Waals surface area contributed by atoms with Crippen LogP contribution in [0, 0.1) is 0 Å². The molecule has 5 heteroatoms. The Morgan fingerprint density at radius 1 is 0.926 bits per heavy atom. The number of carbonyl (C=O) groups is 1. The maximum absolute atomic E-state index is 12.0. The van der Waals surface area contributed by atoms with Gasteiger partial charge in [0.1, 0.15) is 0 Å². The second-order valence-corrected chi connectivity index (χ2v) is 6.96. The Kier molecular flexibility index (Phi) is 5.01. The maximum Gasteiger partial charge on any atom is 0.222 e. The molecular weight excluding hydrogens is 336 g/mol. The van der Waals surface area contributed by atoms with Gasteiger partial charge in [0.25, 0.3) is 0 Å². The molecule has 1 aromatic heterocycles. The number of amides is 1. The quantitative estimate of drug-likeness (QED) is 0.711. The molecule has 138 valence electrons. The van der Waals surface area contributed by atoms with E-state index in [9.17, 15) is 4.79 Å². The summed E-state index contributed by atoms with van der Waals surface area (Å²) in [5, 5.41) is 11.3. The van der Waals surface area contributed by atoms with Gasteiger partial charge in [-0.1, -0.05) is 43.3 Å². The van der Waals surface area contributed by atoms with Gasteiger partial charge in [0.2, 0.25) is 5.91 Å². The zero-order valence-electron chi connectivity index (χ0n) is 15.6. The monoisotopic (exact) mass is 360 g/mol. The third-order valence-corrected chi connectivity index (χ3v) is 5.12. The molecule has 0 unspecified atom stereocenters. The first kappa shape index (κ1) is 17.5. The predicted octanol–water partition coefficient (Wildman–Crippen LogP) is 3.75. The lowest BCUT2D eigenvalue weighted by Crippen LogP contribution is -2.49. The van der Waals surface area contributed by atoms with Gasteiger partial charge in [-0.05, 0) is 35.4 Å². The molecule has 1 fully saturated rings. The molecule has 1 saturated heterocycles. The Hall–Kier alpha value is -2.95. The van der Waals surface area contributed by atoms with Gasteiger partial charge in [-0.25, -0.2) is 0 Å². The standard InChI is InChI=1S/C22H24N4O/c1-2-5-22(27)26-14-12-25(13-15-26)21-11-10-20(23-24-21)19-9-8-17-6-3-4-7-18(17)16-19/h3-4,6-11,16H,2,5,12-15H2,1H3. The molecule has 0 saturated carbocycles. The molecule has 0 N–H and O–H groups in total. The van der Waals surface area contributed by atoms with Crippen molar-refractivity contribution < 1.29 is 4.79 Å². The Morgan fingerprint density at radius 3 is 2.41 bits per heavy atom. The van der Waals surface area contributed by atoms with Crippen molar-refractivity contribution in [3.05, 3.63) is 54.6 Å². The van der Waals surface area contributed by atoms with E-state index in [1.807, 2.05) is 36.1 Å². The summed E-state index contributed by atoms with van der Waals surface area (Å²) in [6.45, 7) is 5.17. The van der Waals surface area contributed by atoms with Crippen molar-refractivity contribution >= 4 is 22.5 Å². The number of carbonyl (C=O) groups excluding carboxylic acids is 1. The van der Waals surface area contributed by atoms with E-state index in [0.717, 1.165) is 49.7 Å². The van der Waals surface area contributed by atoms with E-state index in [1.54, 1.807) is 0 Å². The van der Waals surface area contributed by atoms with Gasteiger partial charge in [0.05, 0.1) is 5.69 Å². The van der Waals surface area contributed by atoms with Crippen LogP contribution in [-0.2, 0) is 4.79 Å². The second-order valence-electron chi connectivity index (χ2n) is 6.96. The molecule has 5 nitrogen and oxygen atoms in total. The Balaban J connectivity index is 1.45. The summed E-state index contributed by atoms with van der Waals surface area (Å²) in [5.41, 5.74) is 1.95. The smallest absolute Gasteiger partial charge is 0.222 e. The summed E-state index contributed by atoms with van der Waals surface area (Å²) in [5.74, 6) is 1.14. The van der Waals surface area contributed by atoms with Crippen molar-refractivity contribution in [2.45, 2.75) is 19.8 Å². The molecular formula is C22H24N4O. The number of benzene rings is 2. The van der Waals surface area contributed by atoms with Crippen molar-refractivity contribution in [2.24, 2.45) is 0 Å². The van der Waals surface area contributed by atoms with E-state index in [1.165, 1.54) is 10.8 Å². The molecule has 2 heterocycles. The number of aromatic nitrogens is 2. The number of nitrogens with zero attached hydrogens (tertiary/aromatic N) is 4. The molecule has 0 spiro atoms. The molecule has 4 rings (SSSR count). The predicted molar refractivity (Wildman–Crippen MR) is 109 cm³/mol. The lowest BCUT2D eigenvalue weighted by atomic mass is 10.1. The molecule has 0 radical (unpaired) electrons. The second kappa shape index (κ2) is 7.74. The number of fused-ring (bicyclic) bond motifs is 1. The van der Waals surface area contributed by atoms with Crippen molar-refractivity contribution in [3.8, 4) is 11.3 Å². The fourth-order valence-corrected chi connectivity index (χ4v) is 3.55. The minimum atomic E-state index is 0.259. The van der Waals surface area contributed by atoms with E-state index in [0.29, 0.717) is 6.42 Å². The third kappa shape index (κ3) is 3.77. The number of hydrogen-bond donors (Lipinski definition) is 0. The van der Waals surface area contributed by atoms with Crippen LogP contribution in [0.15, 0.2) is 54.6 Å². The van der Waals surface area contributed by atoms with Gasteiger partial charge >= 0.3 is 0 Å². The van der Waals surface area contributed by atoms with Crippen LogP contribution < -0.4 is 4.90 Å². The van der Waals surface area contributed by atoms with Crippen LogP contribution in [0.3, 0.4) is 0 Å². The minimum absolute atomic E-state index is 0.259. The summed E-state index contributed by atoms with van der Waals surface area (Å²) >= 11 is 0. The highest BCUT2D eigenvalue weighted by molar-refractivity contribution is 5.86. The summed E-state index contributed by atoms with van der Waals surface area (Å²) < 4.78 is 0. The van der Waals surface area contributed by atoms with Crippen LogP contribution >= 0.6 is 0 Å². The van der Waals surface area contributed by atoms with E-state index < -0.39 is 0 Å². The maximum atomic E-state index is 12.0. The summed E-state index contributed by atoms with van der Waals surface area (Å²) in [6, 6.07) is 18.7. The molecule has 3 aromatic rings. The zero-order chi connectivity index (χ0) is 18.6. The Bertz CT molecular complexity index is 930.